The van der Waals surface area contributed by atoms with E-state index in [1.54, 1.807) is 6.92 Å². The van der Waals surface area contributed by atoms with Gasteiger partial charge in [0.15, 0.2) is 23.2 Å². The van der Waals surface area contributed by atoms with Crippen LogP contribution >= 0.6 is 0 Å². The van der Waals surface area contributed by atoms with Crippen molar-refractivity contribution in [1.29, 1.82) is 0 Å². The van der Waals surface area contributed by atoms with Gasteiger partial charge in [-0.2, -0.15) is 8.78 Å². The number of rotatable bonds is 4. The summed E-state index contributed by atoms with van der Waals surface area (Å²) in [6.07, 6.45) is 1.92. The number of hydrogen-bond donors (Lipinski definition) is 0. The maximum absolute atomic E-state index is 14.1. The van der Waals surface area contributed by atoms with Gasteiger partial charge in [-0.15, -0.1) is 0 Å². The van der Waals surface area contributed by atoms with Gasteiger partial charge in [0, 0.05) is 0 Å². The largest absolute Gasteiger partial charge is 0.491 e. The fourth-order valence-corrected chi connectivity index (χ4v) is 2.01. The number of halogens is 4. The molecule has 0 fully saturated rings. The van der Waals surface area contributed by atoms with Gasteiger partial charge in [0.1, 0.15) is 0 Å². The van der Waals surface area contributed by atoms with E-state index in [0.29, 0.717) is 6.42 Å². The van der Waals surface area contributed by atoms with Crippen LogP contribution < -0.4 is 4.74 Å². The first-order valence-corrected chi connectivity index (χ1v) is 6.95. The second-order valence-electron chi connectivity index (χ2n) is 5.02. The molecule has 1 aliphatic heterocycles. The summed E-state index contributed by atoms with van der Waals surface area (Å²) in [4.78, 5) is 0. The normalized spacial score (nSPS) is 19.2. The molecule has 0 aromatic heterocycles. The van der Waals surface area contributed by atoms with E-state index < -0.39 is 28.9 Å². The lowest BCUT2D eigenvalue weighted by Crippen LogP contribution is -2.11. The van der Waals surface area contributed by atoms with Crippen LogP contribution in [0.1, 0.15) is 25.8 Å². The van der Waals surface area contributed by atoms with Crippen LogP contribution in [0.15, 0.2) is 29.8 Å². The van der Waals surface area contributed by atoms with Crippen LogP contribution in [-0.4, -0.2) is 13.2 Å². The van der Waals surface area contributed by atoms with E-state index >= 15 is 0 Å². The Hall–Kier alpha value is -1.98. The van der Waals surface area contributed by atoms with Gasteiger partial charge in [0.25, 0.3) is 0 Å². The van der Waals surface area contributed by atoms with Crippen LogP contribution in [0.25, 0.3) is 5.83 Å². The smallest absolute Gasteiger partial charge is 0.201 e. The Morgan fingerprint density at radius 2 is 1.95 bits per heavy atom. The molecule has 120 valence electrons. The Kier molecular flexibility index (Phi) is 5.11. The molecule has 0 aliphatic carbocycles. The highest BCUT2D eigenvalue weighted by atomic mass is 19.2. The molecule has 1 heterocycles. The Labute approximate surface area is 126 Å². The van der Waals surface area contributed by atoms with Crippen molar-refractivity contribution in [2.75, 3.05) is 13.2 Å². The molecule has 0 radical (unpaired) electrons. The van der Waals surface area contributed by atoms with Crippen molar-refractivity contribution < 1.29 is 27.0 Å². The third-order valence-corrected chi connectivity index (χ3v) is 3.22. The summed E-state index contributed by atoms with van der Waals surface area (Å²) < 4.78 is 65.7. The van der Waals surface area contributed by atoms with Crippen molar-refractivity contribution in [1.82, 2.24) is 0 Å². The van der Waals surface area contributed by atoms with E-state index in [2.05, 4.69) is 0 Å². The van der Waals surface area contributed by atoms with Crippen molar-refractivity contribution in [3.63, 3.8) is 0 Å². The molecule has 0 saturated carbocycles. The highest BCUT2D eigenvalue weighted by molar-refractivity contribution is 5.65. The molecular weight excluding hydrogens is 300 g/mol. The van der Waals surface area contributed by atoms with Gasteiger partial charge in [0.05, 0.1) is 18.8 Å². The summed E-state index contributed by atoms with van der Waals surface area (Å²) in [5.74, 6) is -6.13. The van der Waals surface area contributed by atoms with Crippen molar-refractivity contribution in [3.05, 3.63) is 47.0 Å². The fourth-order valence-electron chi connectivity index (χ4n) is 2.01. The summed E-state index contributed by atoms with van der Waals surface area (Å²) in [6, 6.07) is 1.99. The topological polar surface area (TPSA) is 18.5 Å². The highest BCUT2D eigenvalue weighted by Gasteiger charge is 2.24. The van der Waals surface area contributed by atoms with Crippen LogP contribution in [0.5, 0.6) is 5.75 Å². The molecule has 1 aliphatic rings. The average Bonchev–Trinajstić information content (AvgIpc) is 2.52. The quantitative estimate of drug-likeness (QED) is 0.735. The second-order valence-corrected chi connectivity index (χ2v) is 5.02. The highest BCUT2D eigenvalue weighted by Crippen LogP contribution is 2.33. The lowest BCUT2D eigenvalue weighted by atomic mass is 10.1. The van der Waals surface area contributed by atoms with Gasteiger partial charge in [-0.3, -0.25) is 0 Å². The van der Waals surface area contributed by atoms with E-state index in [-0.39, 0.29) is 30.6 Å². The molecule has 1 atom stereocenters. The molecule has 0 spiro atoms. The minimum Gasteiger partial charge on any atom is -0.491 e. The minimum absolute atomic E-state index is 0.126. The van der Waals surface area contributed by atoms with Crippen LogP contribution in [0.4, 0.5) is 17.6 Å². The Balaban J connectivity index is 2.38. The lowest BCUT2D eigenvalue weighted by molar-refractivity contribution is 0.152. The molecule has 2 nitrogen and oxygen atoms in total. The zero-order valence-corrected chi connectivity index (χ0v) is 12.3. The van der Waals surface area contributed by atoms with Crippen LogP contribution in [0.2, 0.25) is 0 Å². The fraction of sp³-hybridized carbons (Fsp3) is 0.375. The summed E-state index contributed by atoms with van der Waals surface area (Å²) in [7, 11) is 0. The SMILES string of the molecule is CCOc1ccc(/C(F)=C(\F)C2=CCC(C)CO2)c(F)c1F. The molecule has 0 amide bonds. The predicted octanol–water partition coefficient (Wildman–Crippen LogP) is 4.91. The number of ether oxygens (including phenoxy) is 2. The van der Waals surface area contributed by atoms with Crippen molar-refractivity contribution >= 4 is 5.83 Å². The molecular formula is C16H16F4O2. The molecule has 1 aromatic rings. The third-order valence-electron chi connectivity index (χ3n) is 3.22. The molecule has 1 aromatic carbocycles. The Bertz CT molecular complexity index is 623. The Morgan fingerprint density at radius 3 is 2.55 bits per heavy atom. The predicted molar refractivity (Wildman–Crippen MR) is 74.5 cm³/mol. The molecule has 2 rings (SSSR count). The van der Waals surface area contributed by atoms with Crippen molar-refractivity contribution in [2.24, 2.45) is 5.92 Å². The number of hydrogen-bond acceptors (Lipinski definition) is 2. The maximum atomic E-state index is 14.1. The van der Waals surface area contributed by atoms with Crippen LogP contribution in [-0.2, 0) is 4.74 Å². The number of benzene rings is 1. The zero-order valence-electron chi connectivity index (χ0n) is 12.3. The summed E-state index contributed by atoms with van der Waals surface area (Å²) in [6.45, 7) is 3.86. The van der Waals surface area contributed by atoms with Gasteiger partial charge >= 0.3 is 0 Å². The Morgan fingerprint density at radius 1 is 1.23 bits per heavy atom. The number of allylic oxidation sites excluding steroid dienone is 2. The summed E-state index contributed by atoms with van der Waals surface area (Å²) in [5.41, 5.74) is -0.804. The molecule has 22 heavy (non-hydrogen) atoms. The van der Waals surface area contributed by atoms with Gasteiger partial charge in [-0.05, 0) is 37.5 Å². The second kappa shape index (κ2) is 6.85. The van der Waals surface area contributed by atoms with Gasteiger partial charge in [-0.25, -0.2) is 8.78 Å². The van der Waals surface area contributed by atoms with E-state index in [0.717, 1.165) is 12.1 Å². The summed E-state index contributed by atoms with van der Waals surface area (Å²) >= 11 is 0. The van der Waals surface area contributed by atoms with Gasteiger partial charge in [0.2, 0.25) is 11.6 Å². The van der Waals surface area contributed by atoms with Gasteiger partial charge < -0.3 is 9.47 Å². The molecule has 0 saturated heterocycles. The summed E-state index contributed by atoms with van der Waals surface area (Å²) in [5, 5.41) is 0. The zero-order chi connectivity index (χ0) is 16.3. The van der Waals surface area contributed by atoms with Crippen LogP contribution in [0.3, 0.4) is 0 Å². The third kappa shape index (κ3) is 3.26. The van der Waals surface area contributed by atoms with E-state index in [4.69, 9.17) is 9.47 Å². The van der Waals surface area contributed by atoms with Crippen LogP contribution in [0, 0.1) is 17.6 Å². The minimum atomic E-state index is -1.50. The van der Waals surface area contributed by atoms with E-state index in [9.17, 15) is 17.6 Å². The first-order valence-electron chi connectivity index (χ1n) is 6.95. The van der Waals surface area contributed by atoms with Crippen molar-refractivity contribution in [3.8, 4) is 5.75 Å². The molecule has 1 unspecified atom stereocenters. The molecule has 0 N–H and O–H groups in total. The van der Waals surface area contributed by atoms with Crippen molar-refractivity contribution in [2.45, 2.75) is 20.3 Å². The molecule has 0 bridgehead atoms. The van der Waals surface area contributed by atoms with E-state index in [1.807, 2.05) is 6.92 Å². The first-order chi connectivity index (χ1) is 10.5. The average molecular weight is 316 g/mol. The lowest BCUT2D eigenvalue weighted by Gasteiger charge is -2.19. The maximum Gasteiger partial charge on any atom is 0.201 e. The monoisotopic (exact) mass is 316 g/mol. The van der Waals surface area contributed by atoms with E-state index in [1.165, 1.54) is 6.08 Å². The standard InChI is InChI=1S/C16H16F4O2/c1-3-21-11-7-5-10(13(17)15(11)19)14(18)16(20)12-6-4-9(2)8-22-12/h5-7,9H,3-4,8H2,1-2H3/b16-14+. The molecule has 6 heteroatoms. The first kappa shape index (κ1) is 16.4. The van der Waals surface area contributed by atoms with Gasteiger partial charge in [-0.1, -0.05) is 6.92 Å².